The van der Waals surface area contributed by atoms with Gasteiger partial charge in [-0.15, -0.1) is 0 Å². The first-order chi connectivity index (χ1) is 13.2. The number of rotatable bonds is 8. The lowest BCUT2D eigenvalue weighted by atomic mass is 10.2. The van der Waals surface area contributed by atoms with E-state index in [2.05, 4.69) is 9.46 Å². The average Bonchev–Trinajstić information content (AvgIpc) is 2.68. The first-order valence-corrected chi connectivity index (χ1v) is 9.46. The first-order valence-electron chi connectivity index (χ1n) is 7.97. The zero-order valence-corrected chi connectivity index (χ0v) is 16.6. The van der Waals surface area contributed by atoms with Crippen molar-refractivity contribution in [3.8, 4) is 17.2 Å². The van der Waals surface area contributed by atoms with Gasteiger partial charge in [0.25, 0.3) is 10.0 Å². The van der Waals surface area contributed by atoms with E-state index in [-0.39, 0.29) is 33.4 Å². The van der Waals surface area contributed by atoms with Crippen LogP contribution in [0.1, 0.15) is 5.56 Å². The van der Waals surface area contributed by atoms with Crippen molar-refractivity contribution in [3.63, 3.8) is 0 Å². The summed E-state index contributed by atoms with van der Waals surface area (Å²) in [5, 5.41) is 0. The molecule has 0 aliphatic rings. The Bertz CT molecular complexity index is 976. The van der Waals surface area contributed by atoms with Crippen molar-refractivity contribution in [1.29, 1.82) is 0 Å². The Kier molecular flexibility index (Phi) is 6.68. The summed E-state index contributed by atoms with van der Waals surface area (Å²) in [7, 11) is -0.402. The molecule has 0 spiro atoms. The van der Waals surface area contributed by atoms with Crippen molar-refractivity contribution in [3.05, 3.63) is 41.7 Å². The number of nitrogens with one attached hydrogen (secondary N) is 1. The summed E-state index contributed by atoms with van der Waals surface area (Å²) >= 11 is 0. The Hall–Kier alpha value is -3.01. The molecule has 10 heteroatoms. The second kappa shape index (κ2) is 8.79. The minimum absolute atomic E-state index is 0.0786. The second-order valence-corrected chi connectivity index (χ2v) is 7.16. The van der Waals surface area contributed by atoms with E-state index in [9.17, 15) is 17.6 Å². The maximum absolute atomic E-state index is 13.7. The summed E-state index contributed by atoms with van der Waals surface area (Å²) in [6.45, 7) is 0.965. The number of halogens is 1. The summed E-state index contributed by atoms with van der Waals surface area (Å²) in [5.41, 5.74) is 0.218. The molecule has 0 aromatic heterocycles. The summed E-state index contributed by atoms with van der Waals surface area (Å²) in [4.78, 5) is 11.1. The van der Waals surface area contributed by atoms with Gasteiger partial charge in [-0.05, 0) is 31.2 Å². The SMILES string of the molecule is COC(=O)COc1c(OC)ccc(S(=O)(=O)Nc2cccc(F)c2C)c1OC. The molecule has 2 rings (SSSR count). The maximum Gasteiger partial charge on any atom is 0.343 e. The van der Waals surface area contributed by atoms with Gasteiger partial charge in [-0.1, -0.05) is 6.07 Å². The lowest BCUT2D eigenvalue weighted by Crippen LogP contribution is -2.17. The molecule has 0 fully saturated rings. The molecule has 2 aromatic carbocycles. The minimum Gasteiger partial charge on any atom is -0.493 e. The fourth-order valence-corrected chi connectivity index (χ4v) is 3.62. The Labute approximate surface area is 162 Å². The van der Waals surface area contributed by atoms with Crippen LogP contribution in [0.15, 0.2) is 35.2 Å². The molecule has 0 heterocycles. The molecule has 0 aliphatic heterocycles. The average molecular weight is 413 g/mol. The van der Waals surface area contributed by atoms with Crippen LogP contribution >= 0.6 is 0 Å². The molecule has 8 nitrogen and oxygen atoms in total. The summed E-state index contributed by atoms with van der Waals surface area (Å²) < 4.78 is 62.1. The number of hydrogen-bond acceptors (Lipinski definition) is 7. The summed E-state index contributed by atoms with van der Waals surface area (Å²) in [6, 6.07) is 6.64. The summed E-state index contributed by atoms with van der Waals surface area (Å²) in [5.74, 6) is -1.34. The van der Waals surface area contributed by atoms with Crippen LogP contribution in [0.2, 0.25) is 0 Å². The molecule has 0 bridgehead atoms. The third-order valence-corrected chi connectivity index (χ3v) is 5.22. The van der Waals surface area contributed by atoms with Crippen LogP contribution in [0.3, 0.4) is 0 Å². The number of methoxy groups -OCH3 is 3. The van der Waals surface area contributed by atoms with E-state index in [0.717, 1.165) is 0 Å². The molecule has 0 saturated heterocycles. The van der Waals surface area contributed by atoms with Gasteiger partial charge in [0.2, 0.25) is 5.75 Å². The van der Waals surface area contributed by atoms with Crippen molar-refractivity contribution in [1.82, 2.24) is 0 Å². The highest BCUT2D eigenvalue weighted by Crippen LogP contribution is 2.42. The van der Waals surface area contributed by atoms with Crippen LogP contribution in [0, 0.1) is 12.7 Å². The Morgan fingerprint density at radius 2 is 1.79 bits per heavy atom. The van der Waals surface area contributed by atoms with E-state index >= 15 is 0 Å². The second-order valence-electron chi connectivity index (χ2n) is 5.51. The largest absolute Gasteiger partial charge is 0.493 e. The van der Waals surface area contributed by atoms with E-state index < -0.39 is 28.4 Å². The number of ether oxygens (including phenoxy) is 4. The van der Waals surface area contributed by atoms with Crippen LogP contribution in [0.25, 0.3) is 0 Å². The van der Waals surface area contributed by atoms with Gasteiger partial charge < -0.3 is 18.9 Å². The van der Waals surface area contributed by atoms with Gasteiger partial charge in [0.05, 0.1) is 27.0 Å². The number of hydrogen-bond donors (Lipinski definition) is 1. The monoisotopic (exact) mass is 413 g/mol. The normalized spacial score (nSPS) is 10.9. The number of benzene rings is 2. The van der Waals surface area contributed by atoms with Crippen LogP contribution < -0.4 is 18.9 Å². The molecule has 28 heavy (non-hydrogen) atoms. The number of anilines is 1. The molecule has 0 saturated carbocycles. The van der Waals surface area contributed by atoms with Crippen molar-refractivity contribution < 1.29 is 36.6 Å². The van der Waals surface area contributed by atoms with E-state index in [1.54, 1.807) is 0 Å². The predicted molar refractivity (Wildman–Crippen MR) is 99.0 cm³/mol. The van der Waals surface area contributed by atoms with Gasteiger partial charge in [-0.2, -0.15) is 0 Å². The standard InChI is InChI=1S/C18H20FNO7S/c1-11-12(19)6-5-7-13(11)20-28(22,23)15-9-8-14(24-2)17(18(15)26-4)27-10-16(21)25-3/h5-9,20H,10H2,1-4H3. The van der Waals surface area contributed by atoms with E-state index in [0.29, 0.717) is 0 Å². The molecule has 0 aliphatic carbocycles. The van der Waals surface area contributed by atoms with Crippen LogP contribution in [-0.2, 0) is 19.6 Å². The lowest BCUT2D eigenvalue weighted by molar-refractivity contribution is -0.142. The Balaban J connectivity index is 2.51. The highest BCUT2D eigenvalue weighted by Gasteiger charge is 2.27. The molecule has 1 N–H and O–H groups in total. The third kappa shape index (κ3) is 4.45. The highest BCUT2D eigenvalue weighted by atomic mass is 32.2. The van der Waals surface area contributed by atoms with Crippen LogP contribution in [0.4, 0.5) is 10.1 Å². The number of sulfonamides is 1. The van der Waals surface area contributed by atoms with E-state index in [1.165, 1.54) is 58.6 Å². The zero-order chi connectivity index (χ0) is 20.9. The summed E-state index contributed by atoms with van der Waals surface area (Å²) in [6.07, 6.45) is 0. The quantitative estimate of drug-likeness (QED) is 0.664. The zero-order valence-electron chi connectivity index (χ0n) is 15.7. The van der Waals surface area contributed by atoms with Crippen molar-refractivity contribution in [2.75, 3.05) is 32.7 Å². The molecular weight excluding hydrogens is 393 g/mol. The minimum atomic E-state index is -4.18. The molecule has 0 unspecified atom stereocenters. The van der Waals surface area contributed by atoms with Gasteiger partial charge in [0, 0.05) is 5.56 Å². The molecular formula is C18H20FNO7S. The van der Waals surface area contributed by atoms with Gasteiger partial charge in [0.15, 0.2) is 18.1 Å². The van der Waals surface area contributed by atoms with Crippen LogP contribution in [0.5, 0.6) is 17.2 Å². The van der Waals surface area contributed by atoms with Crippen molar-refractivity contribution in [2.45, 2.75) is 11.8 Å². The van der Waals surface area contributed by atoms with Crippen LogP contribution in [-0.4, -0.2) is 42.3 Å². The van der Waals surface area contributed by atoms with E-state index in [1.807, 2.05) is 0 Å². The van der Waals surface area contributed by atoms with Crippen molar-refractivity contribution >= 4 is 21.7 Å². The van der Waals surface area contributed by atoms with Gasteiger partial charge in [-0.25, -0.2) is 17.6 Å². The van der Waals surface area contributed by atoms with E-state index in [4.69, 9.17) is 14.2 Å². The Morgan fingerprint density at radius 1 is 1.07 bits per heavy atom. The maximum atomic E-state index is 13.7. The topological polar surface area (TPSA) is 100 Å². The molecule has 2 aromatic rings. The lowest BCUT2D eigenvalue weighted by Gasteiger charge is -2.18. The van der Waals surface area contributed by atoms with Gasteiger partial charge >= 0.3 is 5.97 Å². The fraction of sp³-hybridized carbons (Fsp3) is 0.278. The Morgan fingerprint density at radius 3 is 2.39 bits per heavy atom. The number of carbonyl (C=O) groups excluding carboxylic acids is 1. The fourth-order valence-electron chi connectivity index (χ4n) is 2.34. The first kappa shape index (κ1) is 21.3. The molecule has 0 amide bonds. The van der Waals surface area contributed by atoms with Crippen molar-refractivity contribution in [2.24, 2.45) is 0 Å². The smallest absolute Gasteiger partial charge is 0.343 e. The molecule has 0 atom stereocenters. The third-order valence-electron chi connectivity index (χ3n) is 3.83. The van der Waals surface area contributed by atoms with Gasteiger partial charge in [0.1, 0.15) is 10.7 Å². The number of carbonyl (C=O) groups is 1. The van der Waals surface area contributed by atoms with Gasteiger partial charge in [-0.3, -0.25) is 4.72 Å². The predicted octanol–water partition coefficient (Wildman–Crippen LogP) is 2.50. The number of esters is 1. The molecule has 0 radical (unpaired) electrons. The highest BCUT2D eigenvalue weighted by molar-refractivity contribution is 7.92. The molecule has 152 valence electrons.